The first kappa shape index (κ1) is 12.2. The monoisotopic (exact) mass is 211 g/mol. The number of nitrogens with zero attached hydrogens (tertiary/aromatic N) is 1. The molecule has 1 aliphatic rings. The lowest BCUT2D eigenvalue weighted by Crippen LogP contribution is -2.36. The van der Waals surface area contributed by atoms with Crippen LogP contribution in [0.4, 0.5) is 0 Å². The Morgan fingerprint density at radius 1 is 1.60 bits per heavy atom. The maximum atomic E-state index is 11.0. The molecular weight excluding hydrogens is 190 g/mol. The third-order valence-corrected chi connectivity index (χ3v) is 3.10. The summed E-state index contributed by atoms with van der Waals surface area (Å²) in [5.41, 5.74) is 0. The third-order valence-electron chi connectivity index (χ3n) is 3.10. The van der Waals surface area contributed by atoms with Crippen LogP contribution in [0.2, 0.25) is 0 Å². The second-order valence-electron chi connectivity index (χ2n) is 4.29. The molecule has 15 heavy (non-hydrogen) atoms. The molecule has 1 aliphatic heterocycles. The van der Waals surface area contributed by atoms with E-state index in [0.717, 1.165) is 25.9 Å². The van der Waals surface area contributed by atoms with Crippen molar-refractivity contribution in [3.63, 3.8) is 0 Å². The number of carboxylic acid groups (broad SMARTS) is 1. The van der Waals surface area contributed by atoms with Gasteiger partial charge in [-0.05, 0) is 25.3 Å². The summed E-state index contributed by atoms with van der Waals surface area (Å²) < 4.78 is 0. The van der Waals surface area contributed by atoms with Gasteiger partial charge in [-0.1, -0.05) is 25.8 Å². The fourth-order valence-corrected chi connectivity index (χ4v) is 2.18. The summed E-state index contributed by atoms with van der Waals surface area (Å²) in [6.45, 7) is 7.68. The topological polar surface area (TPSA) is 40.5 Å². The molecule has 2 unspecified atom stereocenters. The smallest absolute Gasteiger partial charge is 0.320 e. The van der Waals surface area contributed by atoms with Crippen molar-refractivity contribution < 1.29 is 9.90 Å². The lowest BCUT2D eigenvalue weighted by Gasteiger charge is -2.20. The Morgan fingerprint density at radius 3 is 2.87 bits per heavy atom. The molecule has 0 aliphatic carbocycles. The number of aliphatic carboxylic acids is 1. The van der Waals surface area contributed by atoms with Gasteiger partial charge in [0.15, 0.2) is 0 Å². The van der Waals surface area contributed by atoms with Crippen LogP contribution in [0.3, 0.4) is 0 Å². The van der Waals surface area contributed by atoms with Crippen LogP contribution in [0, 0.1) is 5.92 Å². The van der Waals surface area contributed by atoms with E-state index in [0.29, 0.717) is 5.92 Å². The minimum atomic E-state index is -0.684. The Hall–Kier alpha value is -0.830. The van der Waals surface area contributed by atoms with Gasteiger partial charge in [-0.2, -0.15) is 0 Å². The van der Waals surface area contributed by atoms with Crippen LogP contribution < -0.4 is 0 Å². The highest BCUT2D eigenvalue weighted by atomic mass is 16.4. The van der Waals surface area contributed by atoms with Crippen molar-refractivity contribution in [3.8, 4) is 0 Å². The van der Waals surface area contributed by atoms with Crippen LogP contribution in [-0.4, -0.2) is 35.1 Å². The lowest BCUT2D eigenvalue weighted by atomic mass is 10.1. The predicted molar refractivity (Wildman–Crippen MR) is 60.8 cm³/mol. The van der Waals surface area contributed by atoms with Gasteiger partial charge in [0.25, 0.3) is 0 Å². The highest BCUT2D eigenvalue weighted by molar-refractivity contribution is 5.74. The van der Waals surface area contributed by atoms with Crippen molar-refractivity contribution in [2.45, 2.75) is 38.6 Å². The first-order chi connectivity index (χ1) is 7.19. The van der Waals surface area contributed by atoms with E-state index in [1.807, 2.05) is 6.08 Å². The summed E-state index contributed by atoms with van der Waals surface area (Å²) >= 11 is 0. The largest absolute Gasteiger partial charge is 0.480 e. The zero-order valence-electron chi connectivity index (χ0n) is 9.48. The van der Waals surface area contributed by atoms with Gasteiger partial charge in [-0.15, -0.1) is 6.58 Å². The Morgan fingerprint density at radius 2 is 2.33 bits per heavy atom. The quantitative estimate of drug-likeness (QED) is 0.540. The van der Waals surface area contributed by atoms with Gasteiger partial charge in [0.2, 0.25) is 0 Å². The molecule has 1 rings (SSSR count). The van der Waals surface area contributed by atoms with E-state index in [1.54, 1.807) is 0 Å². The summed E-state index contributed by atoms with van der Waals surface area (Å²) in [5.74, 6) is -0.330. The normalized spacial score (nSPS) is 26.7. The Balaban J connectivity index is 2.45. The molecule has 1 fully saturated rings. The van der Waals surface area contributed by atoms with Gasteiger partial charge in [0, 0.05) is 6.54 Å². The summed E-state index contributed by atoms with van der Waals surface area (Å²) in [6, 6.07) is -0.287. The first-order valence-corrected chi connectivity index (χ1v) is 5.78. The highest BCUT2D eigenvalue weighted by Crippen LogP contribution is 2.24. The molecule has 3 heteroatoms. The Bertz CT molecular complexity index is 228. The lowest BCUT2D eigenvalue weighted by molar-refractivity contribution is -0.142. The second-order valence-corrected chi connectivity index (χ2v) is 4.29. The number of hydrogen-bond acceptors (Lipinski definition) is 2. The molecule has 0 aromatic heterocycles. The van der Waals surface area contributed by atoms with Gasteiger partial charge >= 0.3 is 5.97 Å². The SMILES string of the molecule is C=CC1CC(C(=O)O)N(CCCCC)C1. The van der Waals surface area contributed by atoms with Crippen molar-refractivity contribution in [1.82, 2.24) is 4.90 Å². The molecule has 0 radical (unpaired) electrons. The molecule has 1 saturated heterocycles. The van der Waals surface area contributed by atoms with E-state index in [1.165, 1.54) is 12.8 Å². The van der Waals surface area contributed by atoms with E-state index >= 15 is 0 Å². The molecule has 0 spiro atoms. The molecular formula is C12H21NO2. The van der Waals surface area contributed by atoms with Gasteiger partial charge in [-0.25, -0.2) is 0 Å². The Kier molecular flexibility index (Phi) is 4.82. The first-order valence-electron chi connectivity index (χ1n) is 5.78. The summed E-state index contributed by atoms with van der Waals surface area (Å²) in [5, 5.41) is 9.08. The molecule has 1 N–H and O–H groups in total. The summed E-state index contributed by atoms with van der Waals surface area (Å²) in [7, 11) is 0. The van der Waals surface area contributed by atoms with Gasteiger partial charge in [0.1, 0.15) is 6.04 Å². The fourth-order valence-electron chi connectivity index (χ4n) is 2.18. The average Bonchev–Trinajstić information content (AvgIpc) is 2.62. The molecule has 1 heterocycles. The predicted octanol–water partition coefficient (Wildman–Crippen LogP) is 2.14. The van der Waals surface area contributed by atoms with Crippen LogP contribution in [0.15, 0.2) is 12.7 Å². The number of carboxylic acids is 1. The number of likely N-dealkylation sites (tertiary alicyclic amines) is 1. The van der Waals surface area contributed by atoms with Crippen LogP contribution in [0.25, 0.3) is 0 Å². The maximum Gasteiger partial charge on any atom is 0.320 e. The third kappa shape index (κ3) is 3.34. The summed E-state index contributed by atoms with van der Waals surface area (Å²) in [6.07, 6.45) is 6.07. The molecule has 0 aromatic rings. The zero-order valence-corrected chi connectivity index (χ0v) is 9.48. The molecule has 0 amide bonds. The molecule has 0 aromatic carbocycles. The van der Waals surface area contributed by atoms with Crippen molar-refractivity contribution in [2.75, 3.05) is 13.1 Å². The van der Waals surface area contributed by atoms with Crippen LogP contribution in [-0.2, 0) is 4.79 Å². The number of carbonyl (C=O) groups is 1. The van der Waals surface area contributed by atoms with Crippen molar-refractivity contribution in [2.24, 2.45) is 5.92 Å². The van der Waals surface area contributed by atoms with Crippen LogP contribution in [0.1, 0.15) is 32.6 Å². The van der Waals surface area contributed by atoms with Gasteiger partial charge in [0.05, 0.1) is 0 Å². The fraction of sp³-hybridized carbons (Fsp3) is 0.750. The molecule has 3 nitrogen and oxygen atoms in total. The van der Waals surface area contributed by atoms with Gasteiger partial charge < -0.3 is 5.11 Å². The van der Waals surface area contributed by atoms with E-state index in [9.17, 15) is 4.79 Å². The second kappa shape index (κ2) is 5.91. The molecule has 2 atom stereocenters. The van der Waals surface area contributed by atoms with Crippen molar-refractivity contribution in [1.29, 1.82) is 0 Å². The zero-order chi connectivity index (χ0) is 11.3. The van der Waals surface area contributed by atoms with Crippen molar-refractivity contribution >= 4 is 5.97 Å². The number of unbranched alkanes of at least 4 members (excludes halogenated alkanes) is 2. The summed E-state index contributed by atoms with van der Waals surface area (Å²) in [4.78, 5) is 13.1. The van der Waals surface area contributed by atoms with E-state index in [-0.39, 0.29) is 6.04 Å². The average molecular weight is 211 g/mol. The highest BCUT2D eigenvalue weighted by Gasteiger charge is 2.34. The number of rotatable bonds is 6. The Labute approximate surface area is 91.8 Å². The van der Waals surface area contributed by atoms with E-state index in [4.69, 9.17) is 5.11 Å². The van der Waals surface area contributed by atoms with Crippen LogP contribution >= 0.6 is 0 Å². The molecule has 0 bridgehead atoms. The van der Waals surface area contributed by atoms with Gasteiger partial charge in [-0.3, -0.25) is 9.69 Å². The molecule has 86 valence electrons. The number of hydrogen-bond donors (Lipinski definition) is 1. The molecule has 0 saturated carbocycles. The van der Waals surface area contributed by atoms with E-state index in [2.05, 4.69) is 18.4 Å². The minimum absolute atomic E-state index is 0.287. The minimum Gasteiger partial charge on any atom is -0.480 e. The maximum absolute atomic E-state index is 11.0. The van der Waals surface area contributed by atoms with Crippen molar-refractivity contribution in [3.05, 3.63) is 12.7 Å². The van der Waals surface area contributed by atoms with Crippen LogP contribution in [0.5, 0.6) is 0 Å². The standard InChI is InChI=1S/C12H21NO2/c1-3-5-6-7-13-9-10(4-2)8-11(13)12(14)15/h4,10-11H,2-3,5-9H2,1H3,(H,14,15). The van der Waals surface area contributed by atoms with E-state index < -0.39 is 5.97 Å².